The minimum Gasteiger partial charge on any atom is -0.497 e. The molecule has 1 aliphatic carbocycles. The number of methoxy groups -OCH3 is 1. The predicted molar refractivity (Wildman–Crippen MR) is 138 cm³/mol. The molecule has 1 fully saturated rings. The van der Waals surface area contributed by atoms with E-state index in [0.717, 1.165) is 40.8 Å². The summed E-state index contributed by atoms with van der Waals surface area (Å²) in [5, 5.41) is 3.17. The van der Waals surface area contributed by atoms with E-state index in [1.807, 2.05) is 97.6 Å². The molecule has 0 aromatic heterocycles. The topological polar surface area (TPSA) is 58.6 Å². The van der Waals surface area contributed by atoms with Crippen LogP contribution in [-0.4, -0.2) is 29.9 Å². The number of carbonyl (C=O) groups excluding carboxylic acids is 2. The van der Waals surface area contributed by atoms with E-state index >= 15 is 0 Å². The van der Waals surface area contributed by atoms with Gasteiger partial charge in [0.2, 0.25) is 11.8 Å². The number of ether oxygens (including phenoxy) is 1. The number of hydrogen-bond acceptors (Lipinski definition) is 3. The monoisotopic (exact) mass is 470 g/mol. The Morgan fingerprint density at radius 1 is 0.943 bits per heavy atom. The molecule has 1 aliphatic rings. The van der Waals surface area contributed by atoms with Crippen LogP contribution in [0.15, 0.2) is 78.9 Å². The standard InChI is InChI=1S/C30H34N2O3/c1-21-9-14-25(15-10-21)29(30(34)31-22(2)24-7-5-4-6-8-24)32(26-16-17-26)28(33)20-13-23-11-18-27(35-3)19-12-23/h4-12,14-15,18-19,22,26,29H,13,16-17,20H2,1-3H3,(H,31,34). The summed E-state index contributed by atoms with van der Waals surface area (Å²) >= 11 is 0. The summed E-state index contributed by atoms with van der Waals surface area (Å²) in [6.45, 7) is 4.00. The Morgan fingerprint density at radius 2 is 1.60 bits per heavy atom. The first kappa shape index (κ1) is 24.5. The van der Waals surface area contributed by atoms with Crippen LogP contribution in [-0.2, 0) is 16.0 Å². The van der Waals surface area contributed by atoms with Gasteiger partial charge in [-0.15, -0.1) is 0 Å². The summed E-state index contributed by atoms with van der Waals surface area (Å²) in [6.07, 6.45) is 2.83. The van der Waals surface area contributed by atoms with Crippen molar-refractivity contribution in [2.24, 2.45) is 0 Å². The Morgan fingerprint density at radius 3 is 2.20 bits per heavy atom. The van der Waals surface area contributed by atoms with Gasteiger partial charge in [-0.3, -0.25) is 9.59 Å². The second-order valence-corrected chi connectivity index (χ2v) is 9.33. The number of nitrogens with one attached hydrogen (secondary N) is 1. The Balaban J connectivity index is 1.56. The van der Waals surface area contributed by atoms with Gasteiger partial charge in [-0.1, -0.05) is 72.3 Å². The van der Waals surface area contributed by atoms with E-state index in [-0.39, 0.29) is 23.9 Å². The van der Waals surface area contributed by atoms with Crippen molar-refractivity contribution in [2.45, 2.75) is 57.7 Å². The van der Waals surface area contributed by atoms with Crippen molar-refractivity contribution in [3.8, 4) is 5.75 Å². The fraction of sp³-hybridized carbons (Fsp3) is 0.333. The molecule has 5 heteroatoms. The Hall–Kier alpha value is -3.60. The second-order valence-electron chi connectivity index (χ2n) is 9.33. The normalized spacial score (nSPS) is 14.6. The fourth-order valence-electron chi connectivity index (χ4n) is 4.39. The lowest BCUT2D eigenvalue weighted by Crippen LogP contribution is -2.45. The summed E-state index contributed by atoms with van der Waals surface area (Å²) in [4.78, 5) is 29.1. The van der Waals surface area contributed by atoms with Crippen LogP contribution in [0.4, 0.5) is 0 Å². The van der Waals surface area contributed by atoms with Gasteiger partial charge >= 0.3 is 0 Å². The average molecular weight is 471 g/mol. The molecule has 1 saturated carbocycles. The summed E-state index contributed by atoms with van der Waals surface area (Å²) in [6, 6.07) is 24.9. The van der Waals surface area contributed by atoms with Crippen LogP contribution in [0.2, 0.25) is 0 Å². The van der Waals surface area contributed by atoms with Crippen LogP contribution in [0.5, 0.6) is 5.75 Å². The minimum absolute atomic E-state index is 0.0106. The van der Waals surface area contributed by atoms with Crippen LogP contribution >= 0.6 is 0 Å². The molecule has 182 valence electrons. The Kier molecular flexibility index (Phi) is 7.86. The summed E-state index contributed by atoms with van der Waals surface area (Å²) in [5.74, 6) is 0.662. The first-order valence-electron chi connectivity index (χ1n) is 12.3. The van der Waals surface area contributed by atoms with Crippen molar-refractivity contribution in [2.75, 3.05) is 7.11 Å². The molecule has 3 aromatic rings. The van der Waals surface area contributed by atoms with Gasteiger partial charge in [-0.2, -0.15) is 0 Å². The first-order chi connectivity index (χ1) is 17.0. The van der Waals surface area contributed by atoms with E-state index in [4.69, 9.17) is 4.74 Å². The molecule has 0 saturated heterocycles. The first-order valence-corrected chi connectivity index (χ1v) is 12.3. The molecule has 0 spiro atoms. The van der Waals surface area contributed by atoms with Crippen LogP contribution in [0.3, 0.4) is 0 Å². The van der Waals surface area contributed by atoms with E-state index < -0.39 is 6.04 Å². The van der Waals surface area contributed by atoms with Crippen LogP contribution in [0, 0.1) is 6.92 Å². The van der Waals surface area contributed by atoms with Gasteiger partial charge in [-0.25, -0.2) is 0 Å². The third-order valence-electron chi connectivity index (χ3n) is 6.59. The highest BCUT2D eigenvalue weighted by Crippen LogP contribution is 2.36. The molecular weight excluding hydrogens is 436 g/mol. The molecule has 4 rings (SSSR count). The number of amides is 2. The second kappa shape index (κ2) is 11.2. The molecule has 2 atom stereocenters. The van der Waals surface area contributed by atoms with E-state index in [0.29, 0.717) is 12.8 Å². The fourth-order valence-corrected chi connectivity index (χ4v) is 4.39. The third kappa shape index (κ3) is 6.30. The quantitative estimate of drug-likeness (QED) is 0.423. The van der Waals surface area contributed by atoms with Crippen LogP contribution in [0.1, 0.15) is 60.5 Å². The maximum absolute atomic E-state index is 13.7. The highest BCUT2D eigenvalue weighted by atomic mass is 16.5. The maximum atomic E-state index is 13.7. The summed E-state index contributed by atoms with van der Waals surface area (Å²) in [5.41, 5.74) is 4.07. The molecule has 2 unspecified atom stereocenters. The average Bonchev–Trinajstić information content (AvgIpc) is 3.72. The SMILES string of the molecule is COc1ccc(CCC(=O)N(C2CC2)C(C(=O)NC(C)c2ccccc2)c2ccc(C)cc2)cc1. The van der Waals surface area contributed by atoms with E-state index in [2.05, 4.69) is 5.32 Å². The zero-order valence-electron chi connectivity index (χ0n) is 20.7. The Labute approximate surface area is 208 Å². The van der Waals surface area contributed by atoms with Crippen molar-refractivity contribution in [3.05, 3.63) is 101 Å². The van der Waals surface area contributed by atoms with Crippen molar-refractivity contribution < 1.29 is 14.3 Å². The smallest absolute Gasteiger partial charge is 0.247 e. The van der Waals surface area contributed by atoms with Gasteiger partial charge < -0.3 is 15.0 Å². The van der Waals surface area contributed by atoms with Crippen LogP contribution < -0.4 is 10.1 Å². The molecule has 2 amide bonds. The minimum atomic E-state index is -0.655. The lowest BCUT2D eigenvalue weighted by Gasteiger charge is -2.32. The zero-order valence-corrected chi connectivity index (χ0v) is 20.7. The molecule has 35 heavy (non-hydrogen) atoms. The molecule has 5 nitrogen and oxygen atoms in total. The van der Waals surface area contributed by atoms with Gasteiger partial charge in [0, 0.05) is 12.5 Å². The van der Waals surface area contributed by atoms with Gasteiger partial charge in [0.15, 0.2) is 0 Å². The Bertz CT molecular complexity index is 1120. The van der Waals surface area contributed by atoms with E-state index in [1.54, 1.807) is 7.11 Å². The van der Waals surface area contributed by atoms with Crippen LogP contribution in [0.25, 0.3) is 0 Å². The van der Waals surface area contributed by atoms with Crippen molar-refractivity contribution in [1.82, 2.24) is 10.2 Å². The molecule has 0 aliphatic heterocycles. The number of aryl methyl sites for hydroxylation is 2. The maximum Gasteiger partial charge on any atom is 0.247 e. The lowest BCUT2D eigenvalue weighted by molar-refractivity contribution is -0.141. The molecule has 0 bridgehead atoms. The lowest BCUT2D eigenvalue weighted by atomic mass is 10.00. The number of carbonyl (C=O) groups is 2. The highest BCUT2D eigenvalue weighted by Gasteiger charge is 2.41. The number of rotatable bonds is 10. The molecule has 0 heterocycles. The van der Waals surface area contributed by atoms with E-state index in [9.17, 15) is 9.59 Å². The number of nitrogens with zero attached hydrogens (tertiary/aromatic N) is 1. The largest absolute Gasteiger partial charge is 0.497 e. The molecule has 3 aromatic carbocycles. The number of benzene rings is 3. The molecule has 1 N–H and O–H groups in total. The van der Waals surface area contributed by atoms with Gasteiger partial charge in [0.25, 0.3) is 0 Å². The molecular formula is C30H34N2O3. The van der Waals surface area contributed by atoms with E-state index in [1.165, 1.54) is 0 Å². The zero-order chi connectivity index (χ0) is 24.8. The van der Waals surface area contributed by atoms with Gasteiger partial charge in [0.05, 0.1) is 13.2 Å². The van der Waals surface area contributed by atoms with Crippen molar-refractivity contribution >= 4 is 11.8 Å². The highest BCUT2D eigenvalue weighted by molar-refractivity contribution is 5.89. The van der Waals surface area contributed by atoms with Crippen molar-refractivity contribution in [1.29, 1.82) is 0 Å². The third-order valence-corrected chi connectivity index (χ3v) is 6.59. The van der Waals surface area contributed by atoms with Crippen molar-refractivity contribution in [3.63, 3.8) is 0 Å². The van der Waals surface area contributed by atoms with Gasteiger partial charge in [-0.05, 0) is 61.9 Å². The summed E-state index contributed by atoms with van der Waals surface area (Å²) in [7, 11) is 1.64. The number of hydrogen-bond donors (Lipinski definition) is 1. The van der Waals surface area contributed by atoms with Gasteiger partial charge in [0.1, 0.15) is 11.8 Å². The predicted octanol–water partition coefficient (Wildman–Crippen LogP) is 5.55. The summed E-state index contributed by atoms with van der Waals surface area (Å²) < 4.78 is 5.23. The molecule has 0 radical (unpaired) electrons.